The Labute approximate surface area is 120 Å². The molecule has 3 unspecified atom stereocenters. The lowest BCUT2D eigenvalue weighted by Gasteiger charge is -2.12. The third kappa shape index (κ3) is 3.65. The molecule has 3 atom stereocenters. The van der Waals surface area contributed by atoms with Crippen LogP contribution in [-0.2, 0) is 10.8 Å². The molecule has 1 aliphatic rings. The van der Waals surface area contributed by atoms with E-state index in [4.69, 9.17) is 0 Å². The van der Waals surface area contributed by atoms with Crippen molar-refractivity contribution in [3.05, 3.63) is 28.7 Å². The van der Waals surface area contributed by atoms with Gasteiger partial charge in [-0.3, -0.25) is 4.21 Å². The molecule has 0 bridgehead atoms. The van der Waals surface area contributed by atoms with Crippen molar-refractivity contribution in [2.45, 2.75) is 48.8 Å². The van der Waals surface area contributed by atoms with Gasteiger partial charge in [-0.1, -0.05) is 22.9 Å². The van der Waals surface area contributed by atoms with Gasteiger partial charge in [-0.15, -0.1) is 0 Å². The van der Waals surface area contributed by atoms with Gasteiger partial charge in [-0.2, -0.15) is 0 Å². The van der Waals surface area contributed by atoms with Gasteiger partial charge in [0.05, 0.1) is 10.8 Å². The van der Waals surface area contributed by atoms with Gasteiger partial charge in [-0.05, 0) is 56.5 Å². The molecule has 4 heteroatoms. The summed E-state index contributed by atoms with van der Waals surface area (Å²) in [5, 5.41) is 3.85. The molecule has 18 heavy (non-hydrogen) atoms. The van der Waals surface area contributed by atoms with Crippen molar-refractivity contribution in [1.82, 2.24) is 5.32 Å². The minimum atomic E-state index is -0.854. The Morgan fingerprint density at radius 1 is 1.33 bits per heavy atom. The van der Waals surface area contributed by atoms with Crippen molar-refractivity contribution in [3.63, 3.8) is 0 Å². The smallest absolute Gasteiger partial charge is 0.0561 e. The van der Waals surface area contributed by atoms with Crippen molar-refractivity contribution in [1.29, 1.82) is 0 Å². The summed E-state index contributed by atoms with van der Waals surface area (Å²) in [4.78, 5) is 0.958. The summed E-state index contributed by atoms with van der Waals surface area (Å²) in [7, 11) is -0.854. The zero-order chi connectivity index (χ0) is 13.0. The normalized spacial score (nSPS) is 25.2. The zero-order valence-corrected chi connectivity index (χ0v) is 13.1. The van der Waals surface area contributed by atoms with E-state index >= 15 is 0 Å². The number of hydrogen-bond acceptors (Lipinski definition) is 2. The van der Waals surface area contributed by atoms with Crippen LogP contribution in [0.4, 0.5) is 0 Å². The summed E-state index contributed by atoms with van der Waals surface area (Å²) in [6.45, 7) is 3.25. The van der Waals surface area contributed by atoms with Crippen molar-refractivity contribution >= 4 is 26.7 Å². The van der Waals surface area contributed by atoms with E-state index in [0.29, 0.717) is 11.3 Å². The maximum atomic E-state index is 12.4. The highest BCUT2D eigenvalue weighted by Crippen LogP contribution is 2.27. The summed E-state index contributed by atoms with van der Waals surface area (Å²) in [5.74, 6) is 0. The highest BCUT2D eigenvalue weighted by atomic mass is 79.9. The first kappa shape index (κ1) is 14.2. The molecule has 100 valence electrons. The number of hydrogen-bond donors (Lipinski definition) is 1. The lowest BCUT2D eigenvalue weighted by Crippen LogP contribution is -2.28. The Kier molecular flexibility index (Phi) is 5.39. The fraction of sp³-hybridized carbons (Fsp3) is 0.571. The molecule has 2 nitrogen and oxygen atoms in total. The van der Waals surface area contributed by atoms with Gasteiger partial charge in [0.2, 0.25) is 0 Å². The molecule has 1 N–H and O–H groups in total. The molecule has 1 aromatic rings. The first-order valence-corrected chi connectivity index (χ1v) is 8.61. The van der Waals surface area contributed by atoms with E-state index in [2.05, 4.69) is 28.2 Å². The van der Waals surface area contributed by atoms with Crippen LogP contribution in [0.5, 0.6) is 0 Å². The molecule has 0 amide bonds. The Morgan fingerprint density at radius 2 is 2.06 bits per heavy atom. The Bertz CT molecular complexity index is 407. The predicted molar refractivity (Wildman–Crippen MR) is 80.3 cm³/mol. The van der Waals surface area contributed by atoms with E-state index in [-0.39, 0.29) is 0 Å². The highest BCUT2D eigenvalue weighted by Gasteiger charge is 2.29. The Hall–Kier alpha value is -0.190. The van der Waals surface area contributed by atoms with Crippen molar-refractivity contribution in [2.24, 2.45) is 0 Å². The molecule has 1 fully saturated rings. The van der Waals surface area contributed by atoms with Gasteiger partial charge in [0, 0.05) is 20.7 Å². The Morgan fingerprint density at radius 3 is 2.72 bits per heavy atom. The summed E-state index contributed by atoms with van der Waals surface area (Å²) in [6.07, 6.45) is 4.44. The van der Waals surface area contributed by atoms with Crippen LogP contribution >= 0.6 is 15.9 Å². The standard InChI is InChI=1S/C14H20BrNOS/c1-2-9-16-12-5-8-14(10-12)18(17)13-6-3-11(15)4-7-13/h3-4,6-7,12,14,16H,2,5,8-10H2,1H3. The second-order valence-corrected chi connectivity index (χ2v) is 7.49. The van der Waals surface area contributed by atoms with Crippen molar-refractivity contribution < 1.29 is 4.21 Å². The zero-order valence-electron chi connectivity index (χ0n) is 10.7. The van der Waals surface area contributed by atoms with Crippen LogP contribution in [0.3, 0.4) is 0 Å². The number of rotatable bonds is 5. The molecular formula is C14H20BrNOS. The topological polar surface area (TPSA) is 29.1 Å². The quantitative estimate of drug-likeness (QED) is 0.896. The average molecular weight is 330 g/mol. The number of nitrogens with one attached hydrogen (secondary N) is 1. The van der Waals surface area contributed by atoms with E-state index in [1.807, 2.05) is 24.3 Å². The van der Waals surface area contributed by atoms with Gasteiger partial charge in [0.25, 0.3) is 0 Å². The summed E-state index contributed by atoms with van der Waals surface area (Å²) < 4.78 is 13.5. The minimum absolute atomic E-state index is 0.320. The van der Waals surface area contributed by atoms with E-state index < -0.39 is 10.8 Å². The van der Waals surface area contributed by atoms with E-state index in [9.17, 15) is 4.21 Å². The van der Waals surface area contributed by atoms with Crippen LogP contribution in [0, 0.1) is 0 Å². The minimum Gasteiger partial charge on any atom is -0.314 e. The largest absolute Gasteiger partial charge is 0.314 e. The van der Waals surface area contributed by atoms with Gasteiger partial charge in [0.15, 0.2) is 0 Å². The second-order valence-electron chi connectivity index (χ2n) is 4.84. The van der Waals surface area contributed by atoms with Gasteiger partial charge < -0.3 is 5.32 Å². The highest BCUT2D eigenvalue weighted by molar-refractivity contribution is 9.10. The van der Waals surface area contributed by atoms with Gasteiger partial charge >= 0.3 is 0 Å². The number of halogens is 1. The molecule has 0 spiro atoms. The van der Waals surface area contributed by atoms with E-state index in [1.165, 1.54) is 0 Å². The molecule has 0 aromatic heterocycles. The van der Waals surface area contributed by atoms with E-state index in [0.717, 1.165) is 41.6 Å². The third-order valence-electron chi connectivity index (χ3n) is 3.42. The van der Waals surface area contributed by atoms with Crippen LogP contribution in [0.15, 0.2) is 33.6 Å². The SMILES string of the molecule is CCCNC1CCC(S(=O)c2ccc(Br)cc2)C1. The van der Waals surface area contributed by atoms with Gasteiger partial charge in [0.1, 0.15) is 0 Å². The van der Waals surface area contributed by atoms with Crippen LogP contribution < -0.4 is 5.32 Å². The first-order valence-electron chi connectivity index (χ1n) is 6.60. The second kappa shape index (κ2) is 6.83. The molecule has 0 aliphatic heterocycles. The molecule has 1 saturated carbocycles. The molecule has 1 aliphatic carbocycles. The van der Waals surface area contributed by atoms with Crippen LogP contribution in [0.1, 0.15) is 32.6 Å². The molecule has 0 heterocycles. The number of benzene rings is 1. The fourth-order valence-electron chi connectivity index (χ4n) is 2.43. The fourth-order valence-corrected chi connectivity index (χ4v) is 4.24. The summed E-state index contributed by atoms with van der Waals surface area (Å²) in [5.41, 5.74) is 0. The van der Waals surface area contributed by atoms with Crippen LogP contribution in [0.25, 0.3) is 0 Å². The van der Waals surface area contributed by atoms with Crippen molar-refractivity contribution in [2.75, 3.05) is 6.54 Å². The molecule has 1 aromatic carbocycles. The summed E-state index contributed by atoms with van der Waals surface area (Å²) >= 11 is 3.41. The van der Waals surface area contributed by atoms with Crippen LogP contribution in [-0.4, -0.2) is 22.0 Å². The molecule has 0 radical (unpaired) electrons. The van der Waals surface area contributed by atoms with E-state index in [1.54, 1.807) is 0 Å². The molecular weight excluding hydrogens is 310 g/mol. The summed E-state index contributed by atoms with van der Waals surface area (Å²) in [6, 6.07) is 8.43. The van der Waals surface area contributed by atoms with Crippen molar-refractivity contribution in [3.8, 4) is 0 Å². The molecule has 0 saturated heterocycles. The van der Waals surface area contributed by atoms with Crippen LogP contribution in [0.2, 0.25) is 0 Å². The maximum absolute atomic E-state index is 12.4. The average Bonchev–Trinajstić information content (AvgIpc) is 2.85. The van der Waals surface area contributed by atoms with Gasteiger partial charge in [-0.25, -0.2) is 0 Å². The predicted octanol–water partition coefficient (Wildman–Crippen LogP) is 3.48. The Balaban J connectivity index is 1.93. The molecule has 2 rings (SSSR count). The lowest BCUT2D eigenvalue weighted by molar-refractivity contribution is 0.523. The monoisotopic (exact) mass is 329 g/mol. The third-order valence-corrected chi connectivity index (χ3v) is 5.72. The lowest BCUT2D eigenvalue weighted by atomic mass is 10.2. The first-order chi connectivity index (χ1) is 8.70. The maximum Gasteiger partial charge on any atom is 0.0561 e.